The SMILES string of the molecule is N#Cc1ccc([B-](O)(O)O)nc1.[Li+]. The first-order valence-corrected chi connectivity index (χ1v) is 3.22. The van der Waals surface area contributed by atoms with Crippen molar-refractivity contribution in [2.45, 2.75) is 0 Å². The van der Waals surface area contributed by atoms with E-state index in [2.05, 4.69) is 4.98 Å². The molecule has 5 nitrogen and oxygen atoms in total. The number of aromatic nitrogens is 1. The maximum Gasteiger partial charge on any atom is 1.00 e. The molecule has 0 saturated carbocycles. The van der Waals surface area contributed by atoms with E-state index in [9.17, 15) is 0 Å². The van der Waals surface area contributed by atoms with E-state index >= 15 is 0 Å². The Balaban J connectivity index is 0.00000144. The fourth-order valence-corrected chi connectivity index (χ4v) is 0.701. The summed E-state index contributed by atoms with van der Waals surface area (Å²) in [5.74, 6) is 0. The Morgan fingerprint density at radius 1 is 1.31 bits per heavy atom. The molecule has 7 heteroatoms. The molecule has 0 aliphatic heterocycles. The number of hydrogen-bond acceptors (Lipinski definition) is 5. The largest absolute Gasteiger partial charge is 1.00 e. The Kier molecular flexibility index (Phi) is 4.15. The van der Waals surface area contributed by atoms with E-state index in [0.717, 1.165) is 6.20 Å². The monoisotopic (exact) mass is 172 g/mol. The molecule has 0 saturated heterocycles. The van der Waals surface area contributed by atoms with Crippen LogP contribution < -0.4 is 24.5 Å². The Morgan fingerprint density at radius 3 is 2.23 bits per heavy atom. The molecule has 1 heterocycles. The van der Waals surface area contributed by atoms with Crippen molar-refractivity contribution in [1.82, 2.24) is 4.98 Å². The van der Waals surface area contributed by atoms with Gasteiger partial charge in [0.15, 0.2) is 0 Å². The molecule has 0 fully saturated rings. The summed E-state index contributed by atoms with van der Waals surface area (Å²) < 4.78 is 0. The summed E-state index contributed by atoms with van der Waals surface area (Å²) in [6.45, 7) is -3.55. The summed E-state index contributed by atoms with van der Waals surface area (Å²) in [7, 11) is 0. The molecule has 13 heavy (non-hydrogen) atoms. The first-order valence-electron chi connectivity index (χ1n) is 3.22. The molecule has 0 radical (unpaired) electrons. The molecule has 0 bridgehead atoms. The van der Waals surface area contributed by atoms with Gasteiger partial charge in [-0.25, -0.2) is 0 Å². The van der Waals surface area contributed by atoms with Crippen molar-refractivity contribution in [2.24, 2.45) is 0 Å². The van der Waals surface area contributed by atoms with Crippen LogP contribution in [0.25, 0.3) is 0 Å². The molecule has 0 aliphatic carbocycles. The van der Waals surface area contributed by atoms with Crippen molar-refractivity contribution < 1.29 is 33.9 Å². The molecular formula is C6H6BLiN2O3. The Hall–Kier alpha value is -0.818. The van der Waals surface area contributed by atoms with Crippen molar-refractivity contribution in [1.29, 1.82) is 5.26 Å². The molecule has 0 unspecified atom stereocenters. The van der Waals surface area contributed by atoms with Crippen molar-refractivity contribution in [3.05, 3.63) is 23.9 Å². The van der Waals surface area contributed by atoms with E-state index in [1.807, 2.05) is 0 Å². The van der Waals surface area contributed by atoms with Gasteiger partial charge in [-0.2, -0.15) is 5.26 Å². The number of pyridine rings is 1. The molecule has 0 amide bonds. The van der Waals surface area contributed by atoms with E-state index in [1.165, 1.54) is 12.1 Å². The Morgan fingerprint density at radius 2 is 1.92 bits per heavy atom. The Labute approximate surface area is 86.9 Å². The fraction of sp³-hybridized carbons (Fsp3) is 0. The van der Waals surface area contributed by atoms with Crippen molar-refractivity contribution in [3.8, 4) is 6.07 Å². The van der Waals surface area contributed by atoms with Crippen molar-refractivity contribution in [3.63, 3.8) is 0 Å². The van der Waals surface area contributed by atoms with E-state index in [1.54, 1.807) is 6.07 Å². The fourth-order valence-electron chi connectivity index (χ4n) is 0.701. The molecule has 1 aromatic heterocycles. The van der Waals surface area contributed by atoms with E-state index in [4.69, 9.17) is 20.3 Å². The predicted molar refractivity (Wildman–Crippen MR) is 41.0 cm³/mol. The minimum absolute atomic E-state index is 0. The van der Waals surface area contributed by atoms with Gasteiger partial charge in [-0.05, 0) is 11.7 Å². The third-order valence-electron chi connectivity index (χ3n) is 1.31. The van der Waals surface area contributed by atoms with Crippen LogP contribution in [0.15, 0.2) is 18.3 Å². The van der Waals surface area contributed by atoms with Gasteiger partial charge >= 0.3 is 25.6 Å². The van der Waals surface area contributed by atoms with Crippen LogP contribution in [-0.4, -0.2) is 26.8 Å². The van der Waals surface area contributed by atoms with Gasteiger partial charge in [-0.3, -0.25) is 4.98 Å². The second-order valence-electron chi connectivity index (χ2n) is 2.32. The zero-order valence-electron chi connectivity index (χ0n) is 7.05. The predicted octanol–water partition coefficient (Wildman–Crippen LogP) is -4.92. The first kappa shape index (κ1) is 12.2. The summed E-state index contributed by atoms with van der Waals surface area (Å²) in [5, 5.41) is 34.4. The van der Waals surface area contributed by atoms with Gasteiger partial charge in [0.1, 0.15) is 6.07 Å². The second kappa shape index (κ2) is 4.43. The number of nitrogens with zero attached hydrogens (tertiary/aromatic N) is 2. The number of nitriles is 1. The van der Waals surface area contributed by atoms with Crippen LogP contribution in [0.5, 0.6) is 0 Å². The van der Waals surface area contributed by atoms with Gasteiger partial charge in [0.25, 0.3) is 0 Å². The summed E-state index contributed by atoms with van der Waals surface area (Å²) in [6.07, 6.45) is 1.15. The van der Waals surface area contributed by atoms with Gasteiger partial charge in [0, 0.05) is 6.20 Å². The third kappa shape index (κ3) is 3.19. The summed E-state index contributed by atoms with van der Waals surface area (Å²) >= 11 is 0. The van der Waals surface area contributed by atoms with Gasteiger partial charge in [-0.1, -0.05) is 6.07 Å². The standard InChI is InChI=1S/C6H6BN2O3.Li/c8-3-5-1-2-6(9-4-5)7(10,11)12;/h1-2,4,10-12H;/q-1;+1. The van der Waals surface area contributed by atoms with E-state index in [0.29, 0.717) is 5.56 Å². The smallest absolute Gasteiger partial charge is 0.555 e. The average Bonchev–Trinajstić information content (AvgIpc) is 2.03. The van der Waals surface area contributed by atoms with Crippen LogP contribution in [0.3, 0.4) is 0 Å². The second-order valence-corrected chi connectivity index (χ2v) is 2.32. The molecule has 3 N–H and O–H groups in total. The van der Waals surface area contributed by atoms with Crippen LogP contribution >= 0.6 is 0 Å². The van der Waals surface area contributed by atoms with Gasteiger partial charge in [0.05, 0.1) is 5.56 Å². The van der Waals surface area contributed by atoms with Crippen LogP contribution in [0.1, 0.15) is 5.56 Å². The van der Waals surface area contributed by atoms with E-state index < -0.39 is 6.75 Å². The topological polar surface area (TPSA) is 97.4 Å². The number of hydrogen-bond donors (Lipinski definition) is 3. The summed E-state index contributed by atoms with van der Waals surface area (Å²) in [4.78, 5) is 3.48. The maximum absolute atomic E-state index is 8.68. The number of rotatable bonds is 1. The van der Waals surface area contributed by atoms with Crippen molar-refractivity contribution >= 4 is 12.3 Å². The normalized spacial score (nSPS) is 10.0. The third-order valence-corrected chi connectivity index (χ3v) is 1.31. The molecule has 0 aliphatic rings. The average molecular weight is 172 g/mol. The molecule has 1 aromatic rings. The van der Waals surface area contributed by atoms with Gasteiger partial charge in [0.2, 0.25) is 0 Å². The Bertz CT molecular complexity index is 316. The van der Waals surface area contributed by atoms with Crippen LogP contribution in [0.4, 0.5) is 0 Å². The molecule has 62 valence electrons. The molecule has 0 atom stereocenters. The summed E-state index contributed by atoms with van der Waals surface area (Å²) in [6, 6.07) is 4.32. The quantitative estimate of drug-likeness (QED) is 0.368. The first-order chi connectivity index (χ1) is 5.54. The molecule has 0 spiro atoms. The van der Waals surface area contributed by atoms with Crippen LogP contribution in [0, 0.1) is 11.3 Å². The zero-order chi connectivity index (χ0) is 9.19. The molecular weight excluding hydrogens is 166 g/mol. The minimum atomic E-state index is -3.55. The van der Waals surface area contributed by atoms with Gasteiger partial charge < -0.3 is 15.1 Å². The van der Waals surface area contributed by atoms with Crippen LogP contribution in [0.2, 0.25) is 0 Å². The zero-order valence-corrected chi connectivity index (χ0v) is 7.05. The minimum Gasteiger partial charge on any atom is -0.555 e. The molecule has 0 aromatic carbocycles. The molecule has 1 rings (SSSR count). The van der Waals surface area contributed by atoms with Gasteiger partial charge in [-0.15, -0.1) is 0 Å². The van der Waals surface area contributed by atoms with Crippen molar-refractivity contribution in [2.75, 3.05) is 0 Å². The van der Waals surface area contributed by atoms with E-state index in [-0.39, 0.29) is 24.5 Å². The van der Waals surface area contributed by atoms with Crippen LogP contribution in [-0.2, 0) is 0 Å². The maximum atomic E-state index is 8.68. The summed E-state index contributed by atoms with van der Waals surface area (Å²) in [5.41, 5.74) is 0.0350.